The number of sulfone groups is 1. The molecule has 0 aliphatic heterocycles. The van der Waals surface area contributed by atoms with Crippen LogP contribution in [-0.4, -0.2) is 33.0 Å². The smallest absolute Gasteiger partial charge is 0.147 e. The van der Waals surface area contributed by atoms with Gasteiger partial charge in [-0.3, -0.25) is 0 Å². The minimum absolute atomic E-state index is 0.343. The van der Waals surface area contributed by atoms with Crippen molar-refractivity contribution in [2.75, 3.05) is 18.6 Å². The molecule has 1 rings (SSSR count). The van der Waals surface area contributed by atoms with E-state index in [1.54, 1.807) is 0 Å². The van der Waals surface area contributed by atoms with E-state index in [-0.39, 0.29) is 0 Å². The van der Waals surface area contributed by atoms with Crippen molar-refractivity contribution in [3.8, 4) is 0 Å². The molecule has 1 aliphatic rings. The molecule has 0 radical (unpaired) electrons. The lowest BCUT2D eigenvalue weighted by molar-refractivity contribution is 0.197. The third-order valence-corrected chi connectivity index (χ3v) is 4.97. The number of nitrogens with one attached hydrogen (secondary N) is 1. The van der Waals surface area contributed by atoms with Crippen molar-refractivity contribution in [2.45, 2.75) is 52.0 Å². The number of rotatable bonds is 6. The first-order valence-corrected chi connectivity index (χ1v) is 8.93. The van der Waals surface area contributed by atoms with Crippen molar-refractivity contribution >= 4 is 9.84 Å². The molecule has 0 aromatic rings. The molecule has 1 saturated carbocycles. The van der Waals surface area contributed by atoms with Gasteiger partial charge in [0.05, 0.1) is 5.75 Å². The van der Waals surface area contributed by atoms with Crippen LogP contribution in [0.25, 0.3) is 0 Å². The van der Waals surface area contributed by atoms with Crippen LogP contribution in [0.3, 0.4) is 0 Å². The molecule has 17 heavy (non-hydrogen) atoms. The van der Waals surface area contributed by atoms with E-state index in [0.717, 1.165) is 18.9 Å². The highest BCUT2D eigenvalue weighted by atomic mass is 32.2. The minimum atomic E-state index is -2.81. The van der Waals surface area contributed by atoms with Crippen LogP contribution in [0.5, 0.6) is 0 Å². The van der Waals surface area contributed by atoms with E-state index in [1.165, 1.54) is 31.9 Å². The fraction of sp³-hybridized carbons (Fsp3) is 1.00. The van der Waals surface area contributed by atoms with Gasteiger partial charge in [0.25, 0.3) is 0 Å². The molecule has 0 aromatic carbocycles. The first-order valence-electron chi connectivity index (χ1n) is 6.87. The predicted molar refractivity (Wildman–Crippen MR) is 72.9 cm³/mol. The van der Waals surface area contributed by atoms with E-state index in [1.807, 2.05) is 0 Å². The molecule has 4 heteroatoms. The maximum absolute atomic E-state index is 11.3. The van der Waals surface area contributed by atoms with Gasteiger partial charge in [-0.25, -0.2) is 8.42 Å². The third kappa shape index (κ3) is 5.38. The molecule has 0 aromatic heterocycles. The fourth-order valence-electron chi connectivity index (χ4n) is 2.95. The summed E-state index contributed by atoms with van der Waals surface area (Å²) >= 11 is 0. The zero-order valence-corrected chi connectivity index (χ0v) is 12.2. The summed E-state index contributed by atoms with van der Waals surface area (Å²) in [5.74, 6) is 1.69. The minimum Gasteiger partial charge on any atom is -0.314 e. The maximum Gasteiger partial charge on any atom is 0.147 e. The molecule has 3 atom stereocenters. The van der Waals surface area contributed by atoms with Gasteiger partial charge in [0.15, 0.2) is 0 Å². The average Bonchev–Trinajstić information content (AvgIpc) is 2.27. The van der Waals surface area contributed by atoms with Crippen molar-refractivity contribution in [1.29, 1.82) is 0 Å². The van der Waals surface area contributed by atoms with E-state index in [4.69, 9.17) is 0 Å². The molecule has 1 N–H and O–H groups in total. The summed E-state index contributed by atoms with van der Waals surface area (Å²) in [5.41, 5.74) is 0. The zero-order chi connectivity index (χ0) is 12.9. The molecular weight excluding hydrogens is 234 g/mol. The van der Waals surface area contributed by atoms with E-state index in [0.29, 0.717) is 17.7 Å². The molecular formula is C13H27NO2S. The Bertz CT molecular complexity index is 313. The summed E-state index contributed by atoms with van der Waals surface area (Å²) in [6.45, 7) is 5.35. The van der Waals surface area contributed by atoms with Crippen LogP contribution in [0.4, 0.5) is 0 Å². The lowest BCUT2D eigenvalue weighted by atomic mass is 9.76. The highest BCUT2D eigenvalue weighted by molar-refractivity contribution is 7.90. The topological polar surface area (TPSA) is 46.2 Å². The van der Waals surface area contributed by atoms with Gasteiger partial charge in [-0.2, -0.15) is 0 Å². The van der Waals surface area contributed by atoms with Crippen LogP contribution in [0.1, 0.15) is 46.0 Å². The van der Waals surface area contributed by atoms with Gasteiger partial charge < -0.3 is 5.32 Å². The Kier molecular flexibility index (Phi) is 5.93. The predicted octanol–water partition coefficient (Wildman–Crippen LogP) is 2.23. The molecule has 0 saturated heterocycles. The number of hydrogen-bond acceptors (Lipinski definition) is 3. The van der Waals surface area contributed by atoms with Crippen LogP contribution < -0.4 is 5.32 Å². The quantitative estimate of drug-likeness (QED) is 0.797. The van der Waals surface area contributed by atoms with E-state index in [9.17, 15) is 8.42 Å². The molecule has 102 valence electrons. The van der Waals surface area contributed by atoms with Crippen LogP contribution in [0.15, 0.2) is 0 Å². The molecule has 1 aliphatic carbocycles. The highest BCUT2D eigenvalue weighted by Gasteiger charge is 2.29. The van der Waals surface area contributed by atoms with E-state index >= 15 is 0 Å². The molecule has 0 amide bonds. The largest absolute Gasteiger partial charge is 0.314 e. The second-order valence-electron chi connectivity index (χ2n) is 5.43. The highest BCUT2D eigenvalue weighted by Crippen LogP contribution is 2.33. The second-order valence-corrected chi connectivity index (χ2v) is 7.69. The first-order chi connectivity index (χ1) is 7.96. The summed E-state index contributed by atoms with van der Waals surface area (Å²) in [6, 6.07) is 0.532. The van der Waals surface area contributed by atoms with Gasteiger partial charge in [0.1, 0.15) is 9.84 Å². The van der Waals surface area contributed by atoms with Crippen molar-refractivity contribution in [2.24, 2.45) is 11.8 Å². The molecule has 3 unspecified atom stereocenters. The van der Waals surface area contributed by atoms with Crippen LogP contribution in [-0.2, 0) is 9.84 Å². The monoisotopic (exact) mass is 261 g/mol. The van der Waals surface area contributed by atoms with E-state index < -0.39 is 9.84 Å². The molecule has 1 fully saturated rings. The summed E-state index contributed by atoms with van der Waals surface area (Å²) in [7, 11) is -2.81. The summed E-state index contributed by atoms with van der Waals surface area (Å²) in [4.78, 5) is 0. The molecule has 0 heterocycles. The SMILES string of the molecule is CCNC1CCC(CC)CC1CCS(C)(=O)=O. The normalized spacial score (nSPS) is 30.4. The van der Waals surface area contributed by atoms with Crippen molar-refractivity contribution in [3.63, 3.8) is 0 Å². The summed E-state index contributed by atoms with van der Waals surface area (Å²) < 4.78 is 22.5. The molecule has 3 nitrogen and oxygen atoms in total. The Balaban J connectivity index is 2.54. The Morgan fingerprint density at radius 2 is 1.94 bits per heavy atom. The summed E-state index contributed by atoms with van der Waals surface area (Å²) in [5, 5.41) is 3.52. The number of hydrogen-bond donors (Lipinski definition) is 1. The van der Waals surface area contributed by atoms with Gasteiger partial charge in [-0.15, -0.1) is 0 Å². The van der Waals surface area contributed by atoms with Crippen LogP contribution >= 0.6 is 0 Å². The third-order valence-electron chi connectivity index (χ3n) is 3.99. The van der Waals surface area contributed by atoms with Gasteiger partial charge in [-0.05, 0) is 44.1 Å². The van der Waals surface area contributed by atoms with Crippen molar-refractivity contribution in [1.82, 2.24) is 5.32 Å². The van der Waals surface area contributed by atoms with Crippen molar-refractivity contribution in [3.05, 3.63) is 0 Å². The Labute approximate surface area is 106 Å². The van der Waals surface area contributed by atoms with Gasteiger partial charge in [0, 0.05) is 12.3 Å². The average molecular weight is 261 g/mol. The standard InChI is InChI=1S/C13H27NO2S/c1-4-11-6-7-13(14-5-2)12(10-11)8-9-17(3,15)16/h11-14H,4-10H2,1-3H3. The Morgan fingerprint density at radius 1 is 1.24 bits per heavy atom. The van der Waals surface area contributed by atoms with Gasteiger partial charge >= 0.3 is 0 Å². The summed E-state index contributed by atoms with van der Waals surface area (Å²) in [6.07, 6.45) is 7.10. The first kappa shape index (κ1) is 15.0. The fourth-order valence-corrected chi connectivity index (χ4v) is 3.68. The Morgan fingerprint density at radius 3 is 2.47 bits per heavy atom. The molecule has 0 spiro atoms. The lowest BCUT2D eigenvalue weighted by Crippen LogP contribution is -2.41. The Hall–Kier alpha value is -0.0900. The van der Waals surface area contributed by atoms with Gasteiger partial charge in [0.2, 0.25) is 0 Å². The lowest BCUT2D eigenvalue weighted by Gasteiger charge is -2.36. The van der Waals surface area contributed by atoms with Gasteiger partial charge in [-0.1, -0.05) is 20.3 Å². The zero-order valence-electron chi connectivity index (χ0n) is 11.4. The molecule has 0 bridgehead atoms. The van der Waals surface area contributed by atoms with Crippen molar-refractivity contribution < 1.29 is 8.42 Å². The van der Waals surface area contributed by atoms with E-state index in [2.05, 4.69) is 19.2 Å². The second kappa shape index (κ2) is 6.74. The van der Waals surface area contributed by atoms with Crippen LogP contribution in [0, 0.1) is 11.8 Å². The maximum atomic E-state index is 11.3. The van der Waals surface area contributed by atoms with Crippen LogP contribution in [0.2, 0.25) is 0 Å².